The molecule has 1 aliphatic rings. The number of benzene rings is 1. The average Bonchev–Trinajstić information content (AvgIpc) is 3.06. The predicted molar refractivity (Wildman–Crippen MR) is 97.4 cm³/mol. The third-order valence-corrected chi connectivity index (χ3v) is 5.01. The van der Waals surface area contributed by atoms with Crippen LogP contribution >= 0.6 is 0 Å². The number of aromatic nitrogens is 2. The van der Waals surface area contributed by atoms with Gasteiger partial charge in [-0.2, -0.15) is 0 Å². The van der Waals surface area contributed by atoms with E-state index in [2.05, 4.69) is 59.2 Å². The van der Waals surface area contributed by atoms with Crippen LogP contribution in [0.25, 0.3) is 0 Å². The lowest BCUT2D eigenvalue weighted by Crippen LogP contribution is -2.32. The Kier molecular flexibility index (Phi) is 5.00. The summed E-state index contributed by atoms with van der Waals surface area (Å²) >= 11 is 0. The lowest BCUT2D eigenvalue weighted by atomic mass is 9.98. The van der Waals surface area contributed by atoms with Crippen LogP contribution in [0.15, 0.2) is 30.6 Å². The molecule has 1 fully saturated rings. The number of rotatable bonds is 5. The lowest BCUT2D eigenvalue weighted by Gasteiger charge is -2.25. The quantitative estimate of drug-likeness (QED) is 0.883. The minimum atomic E-state index is 0.167. The molecule has 0 saturated carbocycles. The van der Waals surface area contributed by atoms with Crippen LogP contribution in [0.5, 0.6) is 0 Å². The van der Waals surface area contributed by atoms with E-state index in [-0.39, 0.29) is 18.7 Å². The van der Waals surface area contributed by atoms with E-state index < -0.39 is 0 Å². The molecule has 5 heteroatoms. The van der Waals surface area contributed by atoms with Gasteiger partial charge in [0.2, 0.25) is 0 Å². The highest BCUT2D eigenvalue weighted by Gasteiger charge is 2.25. The first-order valence-electron chi connectivity index (χ1n) is 8.62. The summed E-state index contributed by atoms with van der Waals surface area (Å²) in [5.41, 5.74) is 3.89. The largest absolute Gasteiger partial charge is 0.394 e. The second kappa shape index (κ2) is 7.18. The Morgan fingerprint density at radius 3 is 2.96 bits per heavy atom. The highest BCUT2D eigenvalue weighted by Crippen LogP contribution is 2.27. The first kappa shape index (κ1) is 16.7. The van der Waals surface area contributed by atoms with E-state index in [0.717, 1.165) is 31.0 Å². The van der Waals surface area contributed by atoms with Crippen molar-refractivity contribution in [1.82, 2.24) is 9.97 Å². The van der Waals surface area contributed by atoms with Gasteiger partial charge in [0.25, 0.3) is 0 Å². The summed E-state index contributed by atoms with van der Waals surface area (Å²) in [5.74, 6) is 1.70. The van der Waals surface area contributed by atoms with Crippen molar-refractivity contribution in [2.75, 3.05) is 23.4 Å². The predicted octanol–water partition coefficient (Wildman–Crippen LogP) is 3.23. The number of hydrogen-bond donors (Lipinski definition) is 2. The summed E-state index contributed by atoms with van der Waals surface area (Å²) in [5, 5.41) is 13.0. The van der Waals surface area contributed by atoms with Crippen LogP contribution in [0.1, 0.15) is 42.5 Å². The molecule has 1 aromatic carbocycles. The number of nitrogens with zero attached hydrogens (tertiary/aromatic N) is 3. The molecule has 24 heavy (non-hydrogen) atoms. The fourth-order valence-electron chi connectivity index (χ4n) is 3.45. The van der Waals surface area contributed by atoms with E-state index in [4.69, 9.17) is 0 Å². The number of aliphatic hydroxyl groups is 1. The van der Waals surface area contributed by atoms with Crippen LogP contribution < -0.4 is 10.2 Å². The van der Waals surface area contributed by atoms with Crippen molar-refractivity contribution in [3.05, 3.63) is 47.3 Å². The standard InChI is InChI=1S/C19H26N4O/c1-13-6-4-8-17(14(13)2)15(3)22-18-10-19(21-12-20-18)23-9-5-7-16(23)11-24/h4,6,8,10,12,15-16,24H,5,7,9,11H2,1-3H3,(H,20,21,22). The second-order valence-corrected chi connectivity index (χ2v) is 6.59. The highest BCUT2D eigenvalue weighted by molar-refractivity contribution is 5.51. The van der Waals surface area contributed by atoms with Gasteiger partial charge in [0, 0.05) is 12.6 Å². The molecule has 128 valence electrons. The summed E-state index contributed by atoms with van der Waals surface area (Å²) in [7, 11) is 0. The van der Waals surface area contributed by atoms with Gasteiger partial charge in [0.1, 0.15) is 18.0 Å². The molecular formula is C19H26N4O. The molecule has 2 heterocycles. The zero-order chi connectivity index (χ0) is 17.1. The van der Waals surface area contributed by atoms with Gasteiger partial charge in [0.15, 0.2) is 0 Å². The van der Waals surface area contributed by atoms with Gasteiger partial charge in [-0.15, -0.1) is 0 Å². The fraction of sp³-hybridized carbons (Fsp3) is 0.474. The third-order valence-electron chi connectivity index (χ3n) is 5.01. The van der Waals surface area contributed by atoms with Gasteiger partial charge in [-0.1, -0.05) is 18.2 Å². The molecule has 0 amide bonds. The minimum Gasteiger partial charge on any atom is -0.394 e. The molecule has 0 spiro atoms. The zero-order valence-electron chi connectivity index (χ0n) is 14.7. The van der Waals surface area contributed by atoms with E-state index in [0.29, 0.717) is 0 Å². The number of anilines is 2. The Bertz CT molecular complexity index is 704. The maximum absolute atomic E-state index is 9.52. The summed E-state index contributed by atoms with van der Waals surface area (Å²) in [6.07, 6.45) is 3.71. The molecule has 5 nitrogen and oxygen atoms in total. The van der Waals surface area contributed by atoms with Gasteiger partial charge in [-0.3, -0.25) is 0 Å². The summed E-state index contributed by atoms with van der Waals surface area (Å²) in [6.45, 7) is 7.55. The van der Waals surface area contributed by atoms with Crippen LogP contribution in [-0.2, 0) is 0 Å². The van der Waals surface area contributed by atoms with Crippen molar-refractivity contribution >= 4 is 11.6 Å². The van der Waals surface area contributed by atoms with E-state index in [1.54, 1.807) is 6.33 Å². The van der Waals surface area contributed by atoms with Gasteiger partial charge in [0.05, 0.1) is 18.7 Å². The van der Waals surface area contributed by atoms with Crippen molar-refractivity contribution in [2.45, 2.75) is 45.7 Å². The first-order chi connectivity index (χ1) is 11.6. The smallest absolute Gasteiger partial charge is 0.134 e. The van der Waals surface area contributed by atoms with Crippen molar-refractivity contribution in [3.8, 4) is 0 Å². The molecule has 0 aliphatic carbocycles. The Labute approximate surface area is 143 Å². The molecule has 0 radical (unpaired) electrons. The van der Waals surface area contributed by atoms with Crippen molar-refractivity contribution < 1.29 is 5.11 Å². The molecule has 0 bridgehead atoms. The zero-order valence-corrected chi connectivity index (χ0v) is 14.7. The lowest BCUT2D eigenvalue weighted by molar-refractivity contribution is 0.266. The van der Waals surface area contributed by atoms with E-state index >= 15 is 0 Å². The van der Waals surface area contributed by atoms with Crippen molar-refractivity contribution in [2.24, 2.45) is 0 Å². The Morgan fingerprint density at radius 1 is 1.33 bits per heavy atom. The molecule has 2 N–H and O–H groups in total. The Balaban J connectivity index is 1.78. The minimum absolute atomic E-state index is 0.167. The molecule has 1 saturated heterocycles. The van der Waals surface area contributed by atoms with Crippen molar-refractivity contribution in [3.63, 3.8) is 0 Å². The summed E-state index contributed by atoms with van der Waals surface area (Å²) in [4.78, 5) is 10.9. The maximum Gasteiger partial charge on any atom is 0.134 e. The average molecular weight is 326 g/mol. The molecule has 2 unspecified atom stereocenters. The van der Waals surface area contributed by atoms with Crippen LogP contribution in [-0.4, -0.2) is 34.3 Å². The van der Waals surface area contributed by atoms with Crippen LogP contribution in [0.4, 0.5) is 11.6 Å². The normalized spacial score (nSPS) is 18.7. The molecular weight excluding hydrogens is 300 g/mol. The molecule has 1 aliphatic heterocycles. The molecule has 1 aromatic heterocycles. The Hall–Kier alpha value is -2.14. The van der Waals surface area contributed by atoms with Crippen LogP contribution in [0.3, 0.4) is 0 Å². The van der Waals surface area contributed by atoms with Gasteiger partial charge < -0.3 is 15.3 Å². The molecule has 2 atom stereocenters. The number of aliphatic hydroxyl groups excluding tert-OH is 1. The van der Waals surface area contributed by atoms with Crippen LogP contribution in [0, 0.1) is 13.8 Å². The molecule has 3 rings (SSSR count). The van der Waals surface area contributed by atoms with Crippen molar-refractivity contribution in [1.29, 1.82) is 0 Å². The summed E-state index contributed by atoms with van der Waals surface area (Å²) in [6, 6.07) is 8.71. The third kappa shape index (κ3) is 3.36. The SMILES string of the molecule is Cc1cccc(C(C)Nc2cc(N3CCCC3CO)ncn2)c1C. The summed E-state index contributed by atoms with van der Waals surface area (Å²) < 4.78 is 0. The van der Waals surface area contributed by atoms with E-state index in [1.807, 2.05) is 6.07 Å². The Morgan fingerprint density at radius 2 is 2.17 bits per heavy atom. The highest BCUT2D eigenvalue weighted by atomic mass is 16.3. The van der Waals surface area contributed by atoms with Gasteiger partial charge in [-0.25, -0.2) is 9.97 Å². The van der Waals surface area contributed by atoms with E-state index in [1.165, 1.54) is 16.7 Å². The van der Waals surface area contributed by atoms with E-state index in [9.17, 15) is 5.11 Å². The van der Waals surface area contributed by atoms with Crippen LogP contribution in [0.2, 0.25) is 0 Å². The monoisotopic (exact) mass is 326 g/mol. The molecule has 2 aromatic rings. The van der Waals surface area contributed by atoms with Gasteiger partial charge >= 0.3 is 0 Å². The number of hydrogen-bond acceptors (Lipinski definition) is 5. The number of aryl methyl sites for hydroxylation is 1. The number of nitrogens with one attached hydrogen (secondary N) is 1. The fourth-order valence-corrected chi connectivity index (χ4v) is 3.45. The second-order valence-electron chi connectivity index (χ2n) is 6.59. The van der Waals surface area contributed by atoms with Gasteiger partial charge in [-0.05, 0) is 50.3 Å². The first-order valence-corrected chi connectivity index (χ1v) is 8.62. The maximum atomic E-state index is 9.52. The topological polar surface area (TPSA) is 61.3 Å².